The van der Waals surface area contributed by atoms with E-state index in [0.717, 1.165) is 0 Å². The number of likely N-dealkylation sites (N-methyl/N-ethyl adjacent to an activating group) is 1. The third-order valence-electron chi connectivity index (χ3n) is 5.15. The van der Waals surface area contributed by atoms with Crippen molar-refractivity contribution in [2.24, 2.45) is 0 Å². The second-order valence-corrected chi connectivity index (χ2v) is 10.1. The van der Waals surface area contributed by atoms with Crippen LogP contribution in [0.4, 0.5) is 20.6 Å². The van der Waals surface area contributed by atoms with E-state index in [-0.39, 0.29) is 10.7 Å². The number of fused-ring (bicyclic) bond motifs is 2. The number of hydrogen-bond acceptors (Lipinski definition) is 3. The van der Waals surface area contributed by atoms with Crippen LogP contribution in [0, 0.1) is 5.82 Å². The SMILES string of the molecule is CCN1C(=O)[C@@]2(SC(C)(C)CN2C(=O)Nc2ccc(Cl)cc2)c2cc(F)ccc21. The van der Waals surface area contributed by atoms with Crippen LogP contribution in [0.2, 0.25) is 5.02 Å². The van der Waals surface area contributed by atoms with Gasteiger partial charge in [-0.2, -0.15) is 0 Å². The van der Waals surface area contributed by atoms with Crippen molar-refractivity contribution in [3.63, 3.8) is 0 Å². The first-order valence-corrected chi connectivity index (χ1v) is 10.5. The zero-order valence-corrected chi connectivity index (χ0v) is 17.9. The average Bonchev–Trinajstić information content (AvgIpc) is 3.08. The Kier molecular flexibility index (Phi) is 4.78. The third kappa shape index (κ3) is 3.16. The summed E-state index contributed by atoms with van der Waals surface area (Å²) in [4.78, 5) is 28.7. The molecule has 2 heterocycles. The molecule has 5 nitrogen and oxygen atoms in total. The molecule has 0 aromatic heterocycles. The average molecular weight is 434 g/mol. The summed E-state index contributed by atoms with van der Waals surface area (Å²) in [6, 6.07) is 10.7. The summed E-state index contributed by atoms with van der Waals surface area (Å²) >= 11 is 7.31. The molecule has 0 saturated carbocycles. The van der Waals surface area contributed by atoms with Gasteiger partial charge >= 0.3 is 6.03 Å². The van der Waals surface area contributed by atoms with E-state index in [9.17, 15) is 14.0 Å². The highest BCUT2D eigenvalue weighted by Crippen LogP contribution is 2.59. The summed E-state index contributed by atoms with van der Waals surface area (Å²) in [6.45, 7) is 6.61. The smallest absolute Gasteiger partial charge is 0.309 e. The van der Waals surface area contributed by atoms with Gasteiger partial charge in [0.2, 0.25) is 0 Å². The fourth-order valence-electron chi connectivity index (χ4n) is 4.01. The molecule has 29 heavy (non-hydrogen) atoms. The molecule has 0 unspecified atom stereocenters. The summed E-state index contributed by atoms with van der Waals surface area (Å²) < 4.78 is 13.8. The molecule has 2 aliphatic heterocycles. The lowest BCUT2D eigenvalue weighted by Crippen LogP contribution is -2.51. The van der Waals surface area contributed by atoms with Crippen molar-refractivity contribution in [3.05, 3.63) is 58.9 Å². The lowest BCUT2D eigenvalue weighted by atomic mass is 10.0. The van der Waals surface area contributed by atoms with E-state index >= 15 is 0 Å². The molecule has 0 bridgehead atoms. The van der Waals surface area contributed by atoms with Crippen molar-refractivity contribution >= 4 is 46.7 Å². The van der Waals surface area contributed by atoms with Crippen LogP contribution in [-0.4, -0.2) is 34.7 Å². The number of anilines is 2. The van der Waals surface area contributed by atoms with Gasteiger partial charge in [0, 0.05) is 34.1 Å². The van der Waals surface area contributed by atoms with Gasteiger partial charge in [0.15, 0.2) is 4.87 Å². The Morgan fingerprint density at radius 1 is 1.24 bits per heavy atom. The number of urea groups is 1. The first-order chi connectivity index (χ1) is 13.7. The number of thioether (sulfide) groups is 1. The summed E-state index contributed by atoms with van der Waals surface area (Å²) in [5, 5.41) is 3.41. The van der Waals surface area contributed by atoms with Crippen LogP contribution in [0.3, 0.4) is 0 Å². The highest BCUT2D eigenvalue weighted by Gasteiger charge is 2.63. The van der Waals surface area contributed by atoms with Crippen LogP contribution in [-0.2, 0) is 9.67 Å². The zero-order valence-electron chi connectivity index (χ0n) is 16.3. The van der Waals surface area contributed by atoms with Gasteiger partial charge in [-0.15, -0.1) is 11.8 Å². The van der Waals surface area contributed by atoms with Gasteiger partial charge < -0.3 is 10.2 Å². The minimum Gasteiger partial charge on any atom is -0.309 e. The van der Waals surface area contributed by atoms with Crippen molar-refractivity contribution in [2.45, 2.75) is 30.4 Å². The van der Waals surface area contributed by atoms with Crippen LogP contribution in [0.15, 0.2) is 42.5 Å². The maximum atomic E-state index is 14.2. The molecule has 1 spiro atoms. The molecule has 2 aliphatic rings. The molecule has 1 fully saturated rings. The van der Waals surface area contributed by atoms with Crippen molar-refractivity contribution in [2.75, 3.05) is 23.3 Å². The molecule has 1 atom stereocenters. The van der Waals surface area contributed by atoms with E-state index in [1.165, 1.54) is 28.8 Å². The summed E-state index contributed by atoms with van der Waals surface area (Å²) in [5.74, 6) is -0.653. The van der Waals surface area contributed by atoms with Gasteiger partial charge in [-0.3, -0.25) is 9.69 Å². The summed E-state index contributed by atoms with van der Waals surface area (Å²) in [7, 11) is 0. The van der Waals surface area contributed by atoms with E-state index in [2.05, 4.69) is 5.32 Å². The van der Waals surface area contributed by atoms with Crippen LogP contribution >= 0.6 is 23.4 Å². The van der Waals surface area contributed by atoms with E-state index in [1.807, 2.05) is 20.8 Å². The van der Waals surface area contributed by atoms with Crippen molar-refractivity contribution in [1.82, 2.24) is 4.90 Å². The number of carbonyl (C=O) groups is 2. The van der Waals surface area contributed by atoms with Gasteiger partial charge in [-0.25, -0.2) is 9.18 Å². The fraction of sp³-hybridized carbons (Fsp3) is 0.333. The number of amides is 3. The largest absolute Gasteiger partial charge is 0.323 e. The minimum absolute atomic E-state index is 0.220. The number of nitrogens with one attached hydrogen (secondary N) is 1. The predicted octanol–water partition coefficient (Wildman–Crippen LogP) is 5.06. The Hall–Kier alpha value is -2.25. The fourth-order valence-corrected chi connectivity index (χ4v) is 5.86. The summed E-state index contributed by atoms with van der Waals surface area (Å²) in [6.07, 6.45) is 0. The lowest BCUT2D eigenvalue weighted by Gasteiger charge is -2.33. The van der Waals surface area contributed by atoms with Gasteiger partial charge in [-0.1, -0.05) is 11.6 Å². The molecule has 2 aromatic rings. The number of hydrogen-bond donors (Lipinski definition) is 1. The van der Waals surface area contributed by atoms with Gasteiger partial charge in [-0.05, 0) is 63.2 Å². The Bertz CT molecular complexity index is 998. The van der Waals surface area contributed by atoms with Gasteiger partial charge in [0.25, 0.3) is 5.91 Å². The minimum atomic E-state index is -1.30. The van der Waals surface area contributed by atoms with Crippen molar-refractivity contribution < 1.29 is 14.0 Å². The Balaban J connectivity index is 1.80. The highest BCUT2D eigenvalue weighted by molar-refractivity contribution is 8.02. The van der Waals surface area contributed by atoms with Crippen molar-refractivity contribution in [1.29, 1.82) is 0 Å². The number of rotatable bonds is 2. The lowest BCUT2D eigenvalue weighted by molar-refractivity contribution is -0.123. The molecular weight excluding hydrogens is 413 g/mol. The molecule has 1 saturated heterocycles. The normalized spacial score (nSPS) is 22.3. The number of carbonyl (C=O) groups excluding carboxylic acids is 2. The molecule has 1 N–H and O–H groups in total. The number of halogens is 2. The third-order valence-corrected chi connectivity index (χ3v) is 6.99. The maximum absolute atomic E-state index is 14.2. The Morgan fingerprint density at radius 3 is 2.59 bits per heavy atom. The second-order valence-electron chi connectivity index (χ2n) is 7.74. The van der Waals surface area contributed by atoms with Crippen LogP contribution in [0.1, 0.15) is 26.3 Å². The maximum Gasteiger partial charge on any atom is 0.323 e. The predicted molar refractivity (Wildman–Crippen MR) is 115 cm³/mol. The first kappa shape index (κ1) is 20.0. The first-order valence-electron chi connectivity index (χ1n) is 9.34. The van der Waals surface area contributed by atoms with Gasteiger partial charge in [0.05, 0.1) is 5.69 Å². The Morgan fingerprint density at radius 2 is 1.93 bits per heavy atom. The molecule has 2 aromatic carbocycles. The van der Waals surface area contributed by atoms with Crippen LogP contribution < -0.4 is 10.2 Å². The second kappa shape index (κ2) is 6.92. The van der Waals surface area contributed by atoms with Crippen LogP contribution in [0.5, 0.6) is 0 Å². The monoisotopic (exact) mass is 433 g/mol. The van der Waals surface area contributed by atoms with E-state index in [1.54, 1.807) is 35.2 Å². The zero-order chi connectivity index (χ0) is 21.0. The number of benzene rings is 2. The molecular formula is C21H21ClFN3O2S. The van der Waals surface area contributed by atoms with Crippen LogP contribution in [0.25, 0.3) is 0 Å². The van der Waals surface area contributed by atoms with E-state index < -0.39 is 16.7 Å². The molecule has 8 heteroatoms. The van der Waals surface area contributed by atoms with Crippen molar-refractivity contribution in [3.8, 4) is 0 Å². The number of nitrogens with zero attached hydrogens (tertiary/aromatic N) is 2. The molecule has 4 rings (SSSR count). The molecule has 0 aliphatic carbocycles. The Labute approximate surface area is 178 Å². The van der Waals surface area contributed by atoms with E-state index in [0.29, 0.717) is 35.1 Å². The molecule has 0 radical (unpaired) electrons. The summed E-state index contributed by atoms with van der Waals surface area (Å²) in [5.41, 5.74) is 1.74. The molecule has 152 valence electrons. The standard InChI is InChI=1S/C21H21ClFN3O2S/c1-4-25-17-10-7-14(23)11-16(17)21(18(25)27)26(12-20(2,3)29-21)19(28)24-15-8-5-13(22)6-9-15/h5-11H,4,12H2,1-3H3,(H,24,28)/t21-/m0/s1. The van der Waals surface area contributed by atoms with E-state index in [4.69, 9.17) is 11.6 Å². The topological polar surface area (TPSA) is 52.7 Å². The highest BCUT2D eigenvalue weighted by atomic mass is 35.5. The molecule has 3 amide bonds. The van der Waals surface area contributed by atoms with Gasteiger partial charge in [0.1, 0.15) is 5.82 Å². The quantitative estimate of drug-likeness (QED) is 0.720.